The van der Waals surface area contributed by atoms with E-state index in [1.165, 1.54) is 7.11 Å². The van der Waals surface area contributed by atoms with Gasteiger partial charge in [0.1, 0.15) is 0 Å². The zero-order chi connectivity index (χ0) is 23.6. The van der Waals surface area contributed by atoms with E-state index in [-0.39, 0.29) is 12.2 Å². The molecule has 0 spiro atoms. The van der Waals surface area contributed by atoms with Gasteiger partial charge in [-0.1, -0.05) is 0 Å². The number of aliphatic hydroxyl groups excluding tert-OH is 2. The Morgan fingerprint density at radius 2 is 1.44 bits per heavy atom. The van der Waals surface area contributed by atoms with Gasteiger partial charge in [-0.25, -0.2) is 4.79 Å². The second kappa shape index (κ2) is 18.5. The Labute approximate surface area is 194 Å². The van der Waals surface area contributed by atoms with Gasteiger partial charge in [-0.15, -0.1) is 0 Å². The molecule has 0 bridgehead atoms. The molecule has 0 aromatic carbocycles. The quantitative estimate of drug-likeness (QED) is 0.422. The van der Waals surface area contributed by atoms with E-state index in [0.29, 0.717) is 39.4 Å². The zero-order valence-corrected chi connectivity index (χ0v) is 20.5. The van der Waals surface area contributed by atoms with Crippen molar-refractivity contribution in [2.24, 2.45) is 0 Å². The summed E-state index contributed by atoms with van der Waals surface area (Å²) in [6.45, 7) is 9.42. The number of ether oxygens (including phenoxy) is 3. The van der Waals surface area contributed by atoms with Crippen LogP contribution < -0.4 is 0 Å². The predicted molar refractivity (Wildman–Crippen MR) is 125 cm³/mol. The fourth-order valence-corrected chi connectivity index (χ4v) is 4.12. The minimum Gasteiger partial charge on any atom is -0.453 e. The Balaban J connectivity index is 2.66. The molecule has 1 aliphatic heterocycles. The molecular formula is C23H47N3O6. The maximum atomic E-state index is 12.2. The highest BCUT2D eigenvalue weighted by Gasteiger charge is 2.19. The normalized spacial score (nSPS) is 19.7. The summed E-state index contributed by atoms with van der Waals surface area (Å²) in [6.07, 6.45) is 4.15. The first kappa shape index (κ1) is 29.1. The topological polar surface area (TPSA) is 94.9 Å². The molecule has 1 fully saturated rings. The van der Waals surface area contributed by atoms with Crippen molar-refractivity contribution in [2.75, 3.05) is 86.4 Å². The lowest BCUT2D eigenvalue weighted by Crippen LogP contribution is -2.42. The number of amides is 1. The predicted octanol–water partition coefficient (Wildman–Crippen LogP) is 1.42. The van der Waals surface area contributed by atoms with Gasteiger partial charge in [0.25, 0.3) is 0 Å². The lowest BCUT2D eigenvalue weighted by Gasteiger charge is -2.31. The fraction of sp³-hybridized carbons (Fsp3) is 0.957. The van der Waals surface area contributed by atoms with Crippen LogP contribution in [-0.2, 0) is 14.2 Å². The minimum absolute atomic E-state index is 0.297. The number of methoxy groups -OCH3 is 2. The number of carbonyl (C=O) groups excluding carboxylic acids is 1. The summed E-state index contributed by atoms with van der Waals surface area (Å²) in [7, 11) is 3.12. The molecule has 2 unspecified atom stereocenters. The van der Waals surface area contributed by atoms with E-state index in [9.17, 15) is 15.0 Å². The molecule has 0 aliphatic carbocycles. The van der Waals surface area contributed by atoms with Crippen molar-refractivity contribution in [1.29, 1.82) is 0 Å². The summed E-state index contributed by atoms with van der Waals surface area (Å²) in [5.41, 5.74) is 0. The second-order valence-electron chi connectivity index (χ2n) is 8.57. The molecular weight excluding hydrogens is 414 g/mol. The smallest absolute Gasteiger partial charge is 0.409 e. The van der Waals surface area contributed by atoms with E-state index in [4.69, 9.17) is 14.2 Å². The maximum Gasteiger partial charge on any atom is 0.409 e. The molecule has 1 rings (SSSR count). The summed E-state index contributed by atoms with van der Waals surface area (Å²) in [5, 5.41) is 20.8. The number of rotatable bonds is 12. The van der Waals surface area contributed by atoms with Crippen LogP contribution in [0.3, 0.4) is 0 Å². The van der Waals surface area contributed by atoms with E-state index in [1.807, 2.05) is 6.92 Å². The Morgan fingerprint density at radius 3 is 1.97 bits per heavy atom. The van der Waals surface area contributed by atoms with Crippen LogP contribution in [0, 0.1) is 0 Å². The van der Waals surface area contributed by atoms with Gasteiger partial charge in [0.15, 0.2) is 0 Å². The molecule has 9 nitrogen and oxygen atoms in total. The maximum absolute atomic E-state index is 12.2. The Bertz CT molecular complexity index is 471. The summed E-state index contributed by atoms with van der Waals surface area (Å²) in [6, 6.07) is 0. The van der Waals surface area contributed by atoms with Crippen LogP contribution in [0.1, 0.15) is 45.4 Å². The molecule has 2 N–H and O–H groups in total. The summed E-state index contributed by atoms with van der Waals surface area (Å²) < 4.78 is 15.4. The highest BCUT2D eigenvalue weighted by molar-refractivity contribution is 5.67. The van der Waals surface area contributed by atoms with E-state index in [1.54, 1.807) is 12.0 Å². The van der Waals surface area contributed by atoms with Crippen molar-refractivity contribution in [3.05, 3.63) is 0 Å². The first-order valence-corrected chi connectivity index (χ1v) is 12.2. The van der Waals surface area contributed by atoms with Gasteiger partial charge in [-0.3, -0.25) is 0 Å². The molecule has 0 saturated carbocycles. The highest BCUT2D eigenvalue weighted by Crippen LogP contribution is 2.09. The number of β-amino-alcohol motifs (C(OH)–C–C–N with tert-alkyl or cyclic N) is 2. The van der Waals surface area contributed by atoms with Gasteiger partial charge in [-0.2, -0.15) is 0 Å². The summed E-state index contributed by atoms with van der Waals surface area (Å²) in [5.74, 6) is 0. The van der Waals surface area contributed by atoms with Crippen molar-refractivity contribution in [3.63, 3.8) is 0 Å². The molecule has 190 valence electrons. The largest absolute Gasteiger partial charge is 0.453 e. The summed E-state index contributed by atoms with van der Waals surface area (Å²) in [4.78, 5) is 18.5. The molecule has 1 aliphatic rings. The van der Waals surface area contributed by atoms with Crippen molar-refractivity contribution < 1.29 is 29.2 Å². The van der Waals surface area contributed by atoms with Crippen molar-refractivity contribution in [1.82, 2.24) is 14.7 Å². The lowest BCUT2D eigenvalue weighted by molar-refractivity contribution is 0.0190. The van der Waals surface area contributed by atoms with Crippen LogP contribution in [0.25, 0.3) is 0 Å². The third-order valence-corrected chi connectivity index (χ3v) is 5.77. The van der Waals surface area contributed by atoms with Crippen LogP contribution in [0.5, 0.6) is 0 Å². The van der Waals surface area contributed by atoms with E-state index < -0.39 is 6.10 Å². The SMILES string of the molecule is CCOCC(O)CN1CCCN(CC(O)CCCCOC)CCCN(C(=O)OC)CCC1. The van der Waals surface area contributed by atoms with Crippen molar-refractivity contribution in [3.8, 4) is 0 Å². The molecule has 1 saturated heterocycles. The number of aliphatic hydroxyl groups is 2. The van der Waals surface area contributed by atoms with E-state index in [2.05, 4.69) is 9.80 Å². The molecule has 0 aromatic rings. The number of carbonyl (C=O) groups is 1. The standard InChI is InChI=1S/C23H47N3O6/c1-4-32-20-22(28)19-25-12-7-11-24(18-21(27)10-5-6-17-30-2)13-8-15-26(16-9-14-25)23(29)31-3/h21-22,27-28H,4-20H2,1-3H3. The number of nitrogens with zero attached hydrogens (tertiary/aromatic N) is 3. The fourth-order valence-electron chi connectivity index (χ4n) is 4.12. The van der Waals surface area contributed by atoms with Gasteiger partial charge in [-0.05, 0) is 71.6 Å². The average molecular weight is 462 g/mol. The van der Waals surface area contributed by atoms with Crippen LogP contribution >= 0.6 is 0 Å². The molecule has 1 amide bonds. The van der Waals surface area contributed by atoms with Crippen LogP contribution in [0.15, 0.2) is 0 Å². The Hall–Kier alpha value is -0.970. The molecule has 0 radical (unpaired) electrons. The molecule has 0 aromatic heterocycles. The summed E-state index contributed by atoms with van der Waals surface area (Å²) >= 11 is 0. The number of unbranched alkanes of at least 4 members (excludes halogenated alkanes) is 1. The van der Waals surface area contributed by atoms with E-state index in [0.717, 1.165) is 71.3 Å². The van der Waals surface area contributed by atoms with Crippen LogP contribution in [0.4, 0.5) is 4.79 Å². The van der Waals surface area contributed by atoms with Crippen molar-refractivity contribution >= 4 is 6.09 Å². The number of hydrogen-bond acceptors (Lipinski definition) is 8. The van der Waals surface area contributed by atoms with Gasteiger partial charge >= 0.3 is 6.09 Å². The van der Waals surface area contributed by atoms with Gasteiger partial charge in [0.05, 0.1) is 25.9 Å². The zero-order valence-electron chi connectivity index (χ0n) is 20.5. The minimum atomic E-state index is -0.524. The van der Waals surface area contributed by atoms with E-state index >= 15 is 0 Å². The molecule has 9 heteroatoms. The van der Waals surface area contributed by atoms with Gasteiger partial charge in [0, 0.05) is 46.5 Å². The molecule has 1 heterocycles. The monoisotopic (exact) mass is 461 g/mol. The van der Waals surface area contributed by atoms with Crippen molar-refractivity contribution in [2.45, 2.75) is 57.7 Å². The second-order valence-corrected chi connectivity index (χ2v) is 8.57. The Kier molecular flexibility index (Phi) is 16.8. The first-order valence-electron chi connectivity index (χ1n) is 12.2. The third-order valence-electron chi connectivity index (χ3n) is 5.77. The van der Waals surface area contributed by atoms with Crippen LogP contribution in [-0.4, -0.2) is 130 Å². The number of hydrogen-bond donors (Lipinski definition) is 2. The van der Waals surface area contributed by atoms with Crippen LogP contribution in [0.2, 0.25) is 0 Å². The molecule has 2 atom stereocenters. The average Bonchev–Trinajstić information content (AvgIpc) is 2.77. The third kappa shape index (κ3) is 13.5. The first-order chi connectivity index (χ1) is 15.5. The van der Waals surface area contributed by atoms with Gasteiger partial charge in [0.2, 0.25) is 0 Å². The highest BCUT2D eigenvalue weighted by atomic mass is 16.5. The lowest BCUT2D eigenvalue weighted by atomic mass is 10.1. The Morgan fingerprint density at radius 1 is 0.875 bits per heavy atom. The van der Waals surface area contributed by atoms with Gasteiger partial charge < -0.3 is 39.1 Å². The molecule has 32 heavy (non-hydrogen) atoms.